The Bertz CT molecular complexity index is 585. The third kappa shape index (κ3) is 4.29. The number of nitrogens with one attached hydrogen (secondary N) is 1. The van der Waals surface area contributed by atoms with Gasteiger partial charge in [-0.15, -0.1) is 0 Å². The Hall–Kier alpha value is -1.81. The molecule has 0 aromatic carbocycles. The van der Waals surface area contributed by atoms with Crippen LogP contribution in [0.25, 0.3) is 0 Å². The molecule has 0 radical (unpaired) electrons. The standard InChI is InChI=1S/C16H26N4O5S/c1-9(17)14(22)20-7-3-5-12(20)15(23)19-6-2-4-11(19)13(21)18-10(8-26)16(24)25/h9-12,26H,2-8,17H2,1H3,(H,18,21)(H,24,25). The van der Waals surface area contributed by atoms with Crippen molar-refractivity contribution in [1.29, 1.82) is 0 Å². The van der Waals surface area contributed by atoms with Crippen LogP contribution < -0.4 is 11.1 Å². The molecule has 26 heavy (non-hydrogen) atoms. The lowest BCUT2D eigenvalue weighted by Crippen LogP contribution is -2.56. The average molecular weight is 386 g/mol. The van der Waals surface area contributed by atoms with E-state index in [0.29, 0.717) is 38.8 Å². The number of carboxylic acid groups (broad SMARTS) is 1. The summed E-state index contributed by atoms with van der Waals surface area (Å²) in [5, 5.41) is 11.5. The van der Waals surface area contributed by atoms with Crippen molar-refractivity contribution >= 4 is 36.3 Å². The van der Waals surface area contributed by atoms with Crippen LogP contribution in [0.5, 0.6) is 0 Å². The highest BCUT2D eigenvalue weighted by Crippen LogP contribution is 2.25. The van der Waals surface area contributed by atoms with Gasteiger partial charge in [-0.1, -0.05) is 0 Å². The molecule has 2 heterocycles. The van der Waals surface area contributed by atoms with Crippen molar-refractivity contribution in [2.45, 2.75) is 56.8 Å². The summed E-state index contributed by atoms with van der Waals surface area (Å²) >= 11 is 3.93. The van der Waals surface area contributed by atoms with Gasteiger partial charge in [-0.25, -0.2) is 4.79 Å². The van der Waals surface area contributed by atoms with Gasteiger partial charge in [0, 0.05) is 18.8 Å². The number of rotatable bonds is 6. The maximum Gasteiger partial charge on any atom is 0.327 e. The van der Waals surface area contributed by atoms with Gasteiger partial charge >= 0.3 is 5.97 Å². The van der Waals surface area contributed by atoms with E-state index in [9.17, 15) is 19.2 Å². The van der Waals surface area contributed by atoms with Crippen molar-refractivity contribution in [3.63, 3.8) is 0 Å². The molecule has 2 rings (SSSR count). The Balaban J connectivity index is 2.09. The molecule has 2 aliphatic rings. The molecule has 0 aliphatic carbocycles. The van der Waals surface area contributed by atoms with E-state index in [4.69, 9.17) is 10.8 Å². The summed E-state index contributed by atoms with van der Waals surface area (Å²) in [6.07, 6.45) is 2.36. The molecular formula is C16H26N4O5S. The van der Waals surface area contributed by atoms with E-state index in [-0.39, 0.29) is 17.6 Å². The zero-order valence-electron chi connectivity index (χ0n) is 14.8. The number of likely N-dealkylation sites (tertiary alicyclic amines) is 2. The lowest BCUT2D eigenvalue weighted by molar-refractivity contribution is -0.147. The third-order valence-electron chi connectivity index (χ3n) is 4.85. The van der Waals surface area contributed by atoms with E-state index in [1.807, 2.05) is 0 Å². The van der Waals surface area contributed by atoms with Gasteiger partial charge in [-0.05, 0) is 32.6 Å². The second-order valence-electron chi connectivity index (χ2n) is 6.75. The number of thiol groups is 1. The highest BCUT2D eigenvalue weighted by molar-refractivity contribution is 7.80. The first-order chi connectivity index (χ1) is 12.3. The maximum atomic E-state index is 13.0. The van der Waals surface area contributed by atoms with E-state index in [2.05, 4.69) is 17.9 Å². The molecule has 2 saturated heterocycles. The molecule has 0 saturated carbocycles. The molecule has 146 valence electrons. The predicted octanol–water partition coefficient (Wildman–Crippen LogP) is -1.19. The zero-order valence-corrected chi connectivity index (χ0v) is 15.7. The molecule has 2 fully saturated rings. The molecular weight excluding hydrogens is 360 g/mol. The first kappa shape index (κ1) is 20.5. The highest BCUT2D eigenvalue weighted by atomic mass is 32.1. The second-order valence-corrected chi connectivity index (χ2v) is 7.12. The molecule has 0 spiro atoms. The molecule has 10 heteroatoms. The number of nitrogens with two attached hydrogens (primary N) is 1. The zero-order chi connectivity index (χ0) is 19.4. The molecule has 0 bridgehead atoms. The fourth-order valence-corrected chi connectivity index (χ4v) is 3.74. The summed E-state index contributed by atoms with van der Waals surface area (Å²) in [4.78, 5) is 51.7. The lowest BCUT2D eigenvalue weighted by atomic mass is 10.1. The number of aliphatic carboxylic acids is 1. The van der Waals surface area contributed by atoms with Crippen LogP contribution in [-0.4, -0.2) is 81.6 Å². The molecule has 2 aliphatic heterocycles. The second kappa shape index (κ2) is 8.72. The fourth-order valence-electron chi connectivity index (χ4n) is 3.50. The third-order valence-corrected chi connectivity index (χ3v) is 5.21. The summed E-state index contributed by atoms with van der Waals surface area (Å²) in [6.45, 7) is 2.46. The van der Waals surface area contributed by atoms with Gasteiger partial charge < -0.3 is 26.0 Å². The molecule has 4 N–H and O–H groups in total. The quantitative estimate of drug-likeness (QED) is 0.425. The Morgan fingerprint density at radius 1 is 1.15 bits per heavy atom. The molecule has 4 unspecified atom stereocenters. The first-order valence-electron chi connectivity index (χ1n) is 8.78. The topological polar surface area (TPSA) is 133 Å². The van der Waals surface area contributed by atoms with E-state index in [1.54, 1.807) is 6.92 Å². The van der Waals surface area contributed by atoms with Crippen molar-refractivity contribution in [2.75, 3.05) is 18.8 Å². The molecule has 9 nitrogen and oxygen atoms in total. The van der Waals surface area contributed by atoms with Crippen LogP contribution in [0, 0.1) is 0 Å². The van der Waals surface area contributed by atoms with Crippen LogP contribution in [0.4, 0.5) is 0 Å². The van der Waals surface area contributed by atoms with Crippen LogP contribution in [0.15, 0.2) is 0 Å². The SMILES string of the molecule is CC(N)C(=O)N1CCCC1C(=O)N1CCCC1C(=O)NC(CS)C(=O)O. The number of amides is 3. The van der Waals surface area contributed by atoms with Crippen molar-refractivity contribution in [1.82, 2.24) is 15.1 Å². The normalized spacial score (nSPS) is 25.0. The maximum absolute atomic E-state index is 13.0. The monoisotopic (exact) mass is 386 g/mol. The minimum absolute atomic E-state index is 0.0406. The van der Waals surface area contributed by atoms with Gasteiger partial charge in [0.2, 0.25) is 17.7 Å². The van der Waals surface area contributed by atoms with Crippen LogP contribution >= 0.6 is 12.6 Å². The van der Waals surface area contributed by atoms with Gasteiger partial charge in [0.25, 0.3) is 0 Å². The number of hydrogen-bond donors (Lipinski definition) is 4. The van der Waals surface area contributed by atoms with Crippen LogP contribution in [-0.2, 0) is 19.2 Å². The lowest BCUT2D eigenvalue weighted by Gasteiger charge is -2.32. The Labute approximate surface area is 157 Å². The van der Waals surface area contributed by atoms with Crippen molar-refractivity contribution in [3.05, 3.63) is 0 Å². The smallest absolute Gasteiger partial charge is 0.327 e. The first-order valence-corrected chi connectivity index (χ1v) is 9.41. The number of carboxylic acids is 1. The Morgan fingerprint density at radius 2 is 1.73 bits per heavy atom. The van der Waals surface area contributed by atoms with Crippen molar-refractivity contribution in [3.8, 4) is 0 Å². The van der Waals surface area contributed by atoms with Gasteiger partial charge in [-0.2, -0.15) is 12.6 Å². The van der Waals surface area contributed by atoms with E-state index in [1.165, 1.54) is 9.80 Å². The van der Waals surface area contributed by atoms with Crippen LogP contribution in [0.3, 0.4) is 0 Å². The summed E-state index contributed by atoms with van der Waals surface area (Å²) < 4.78 is 0. The minimum atomic E-state index is -1.17. The summed E-state index contributed by atoms with van der Waals surface area (Å²) in [5.41, 5.74) is 5.66. The number of nitrogens with zero attached hydrogens (tertiary/aromatic N) is 2. The minimum Gasteiger partial charge on any atom is -0.480 e. The average Bonchev–Trinajstić information content (AvgIpc) is 3.26. The summed E-state index contributed by atoms with van der Waals surface area (Å²) in [5.74, 6) is -2.26. The van der Waals surface area contributed by atoms with Crippen LogP contribution in [0.1, 0.15) is 32.6 Å². The van der Waals surface area contributed by atoms with Crippen molar-refractivity contribution in [2.24, 2.45) is 5.73 Å². The van der Waals surface area contributed by atoms with Gasteiger partial charge in [-0.3, -0.25) is 14.4 Å². The predicted molar refractivity (Wildman–Crippen MR) is 96.5 cm³/mol. The molecule has 0 aromatic heterocycles. The Morgan fingerprint density at radius 3 is 2.27 bits per heavy atom. The van der Waals surface area contributed by atoms with Crippen LogP contribution in [0.2, 0.25) is 0 Å². The molecule has 4 atom stereocenters. The van der Waals surface area contributed by atoms with Gasteiger partial charge in [0.05, 0.1) is 6.04 Å². The van der Waals surface area contributed by atoms with Crippen molar-refractivity contribution < 1.29 is 24.3 Å². The van der Waals surface area contributed by atoms with E-state index in [0.717, 1.165) is 0 Å². The number of carbonyl (C=O) groups excluding carboxylic acids is 3. The Kier molecular flexibility index (Phi) is 6.87. The fraction of sp³-hybridized carbons (Fsp3) is 0.750. The largest absolute Gasteiger partial charge is 0.480 e. The number of carbonyl (C=O) groups is 4. The molecule has 3 amide bonds. The highest BCUT2D eigenvalue weighted by Gasteiger charge is 2.42. The van der Waals surface area contributed by atoms with Gasteiger partial charge in [0.1, 0.15) is 18.1 Å². The number of hydrogen-bond acceptors (Lipinski definition) is 6. The molecule has 0 aromatic rings. The van der Waals surface area contributed by atoms with E-state index < -0.39 is 36.0 Å². The van der Waals surface area contributed by atoms with Gasteiger partial charge in [0.15, 0.2) is 0 Å². The summed E-state index contributed by atoms with van der Waals surface area (Å²) in [7, 11) is 0. The summed E-state index contributed by atoms with van der Waals surface area (Å²) in [6, 6.07) is -3.13. The van der Waals surface area contributed by atoms with E-state index >= 15 is 0 Å².